The molecular formula is C18H18N4. The maximum Gasteiger partial charge on any atom is 0.0951 e. The Balaban J connectivity index is 1.96. The lowest BCUT2D eigenvalue weighted by molar-refractivity contribution is 1.12. The minimum atomic E-state index is 0.835. The Labute approximate surface area is 130 Å². The van der Waals surface area contributed by atoms with Crippen molar-refractivity contribution in [2.24, 2.45) is 10.2 Å². The number of hydrogen-bond acceptors (Lipinski definition) is 4. The number of nitrogens with zero attached hydrogens (tertiary/aromatic N) is 4. The quantitative estimate of drug-likeness (QED) is 0.635. The molecule has 0 aliphatic rings. The van der Waals surface area contributed by atoms with E-state index in [-0.39, 0.29) is 0 Å². The number of aryl methyl sites for hydroxylation is 1. The maximum absolute atomic E-state index is 4.41. The summed E-state index contributed by atoms with van der Waals surface area (Å²) in [5.41, 5.74) is 4.91. The van der Waals surface area contributed by atoms with Gasteiger partial charge in [0.2, 0.25) is 0 Å². The first-order chi connectivity index (χ1) is 10.6. The summed E-state index contributed by atoms with van der Waals surface area (Å²) in [7, 11) is 4.05. The van der Waals surface area contributed by atoms with Crippen LogP contribution in [0.25, 0.3) is 10.9 Å². The molecule has 0 N–H and O–H groups in total. The molecule has 0 saturated heterocycles. The zero-order valence-corrected chi connectivity index (χ0v) is 13.0. The van der Waals surface area contributed by atoms with E-state index in [0.717, 1.165) is 33.5 Å². The highest BCUT2D eigenvalue weighted by atomic mass is 15.1. The molecule has 0 unspecified atom stereocenters. The molecule has 0 spiro atoms. The molecule has 0 aliphatic heterocycles. The number of azo groups is 1. The van der Waals surface area contributed by atoms with E-state index >= 15 is 0 Å². The number of aromatic nitrogens is 1. The molecule has 0 saturated carbocycles. The lowest BCUT2D eigenvalue weighted by Crippen LogP contribution is -2.08. The fourth-order valence-electron chi connectivity index (χ4n) is 2.31. The predicted octanol–water partition coefficient (Wildman–Crippen LogP) is 5.02. The molecule has 0 atom stereocenters. The van der Waals surface area contributed by atoms with Crippen LogP contribution in [0.3, 0.4) is 0 Å². The van der Waals surface area contributed by atoms with Gasteiger partial charge in [-0.05, 0) is 55.0 Å². The van der Waals surface area contributed by atoms with E-state index in [2.05, 4.69) is 26.2 Å². The molecule has 3 rings (SSSR count). The van der Waals surface area contributed by atoms with Gasteiger partial charge in [-0.3, -0.25) is 4.98 Å². The van der Waals surface area contributed by atoms with Crippen molar-refractivity contribution < 1.29 is 0 Å². The lowest BCUT2D eigenvalue weighted by Gasteiger charge is -2.13. The van der Waals surface area contributed by atoms with Gasteiger partial charge >= 0.3 is 0 Å². The normalized spacial score (nSPS) is 11.2. The van der Waals surface area contributed by atoms with Gasteiger partial charge in [0.15, 0.2) is 0 Å². The van der Waals surface area contributed by atoms with Gasteiger partial charge in [-0.25, -0.2) is 0 Å². The van der Waals surface area contributed by atoms with Gasteiger partial charge in [-0.15, -0.1) is 5.11 Å². The molecule has 0 bridgehead atoms. The fraction of sp³-hybridized carbons (Fsp3) is 0.167. The summed E-state index contributed by atoms with van der Waals surface area (Å²) >= 11 is 0. The van der Waals surface area contributed by atoms with Crippen molar-refractivity contribution in [1.82, 2.24) is 4.98 Å². The number of anilines is 1. The Bertz CT molecular complexity index is 832. The fourth-order valence-corrected chi connectivity index (χ4v) is 2.31. The number of rotatable bonds is 3. The third-order valence-electron chi connectivity index (χ3n) is 3.58. The van der Waals surface area contributed by atoms with Crippen LogP contribution in [-0.4, -0.2) is 19.1 Å². The third-order valence-corrected chi connectivity index (χ3v) is 3.58. The van der Waals surface area contributed by atoms with E-state index in [9.17, 15) is 0 Å². The molecular weight excluding hydrogens is 272 g/mol. The monoisotopic (exact) mass is 290 g/mol. The first kappa shape index (κ1) is 14.2. The number of fused-ring (bicyclic) bond motifs is 1. The van der Waals surface area contributed by atoms with Crippen molar-refractivity contribution in [1.29, 1.82) is 0 Å². The minimum absolute atomic E-state index is 0.835. The van der Waals surface area contributed by atoms with Crippen molar-refractivity contribution in [2.75, 3.05) is 19.0 Å². The minimum Gasteiger partial charge on any atom is -0.378 e. The van der Waals surface area contributed by atoms with Crippen molar-refractivity contribution in [3.8, 4) is 0 Å². The third kappa shape index (κ3) is 2.81. The average Bonchev–Trinajstić information content (AvgIpc) is 2.53. The molecule has 1 heterocycles. The van der Waals surface area contributed by atoms with Crippen molar-refractivity contribution in [3.05, 3.63) is 60.3 Å². The van der Waals surface area contributed by atoms with Crippen LogP contribution in [0.4, 0.5) is 17.1 Å². The smallest absolute Gasteiger partial charge is 0.0951 e. The first-order valence-corrected chi connectivity index (χ1v) is 7.18. The topological polar surface area (TPSA) is 40.9 Å². The highest BCUT2D eigenvalue weighted by Gasteiger charge is 2.02. The average molecular weight is 290 g/mol. The molecule has 3 aromatic rings. The summed E-state index contributed by atoms with van der Waals surface area (Å²) in [4.78, 5) is 6.41. The largest absolute Gasteiger partial charge is 0.378 e. The Morgan fingerprint density at radius 1 is 0.909 bits per heavy atom. The Hall–Kier alpha value is -2.75. The summed E-state index contributed by atoms with van der Waals surface area (Å²) in [5, 5.41) is 9.83. The highest BCUT2D eigenvalue weighted by Crippen LogP contribution is 2.28. The van der Waals surface area contributed by atoms with Crippen molar-refractivity contribution in [2.45, 2.75) is 6.92 Å². The molecule has 22 heavy (non-hydrogen) atoms. The highest BCUT2D eigenvalue weighted by molar-refractivity contribution is 5.89. The predicted molar refractivity (Wildman–Crippen MR) is 91.4 cm³/mol. The van der Waals surface area contributed by atoms with Crippen LogP contribution in [0, 0.1) is 6.92 Å². The van der Waals surface area contributed by atoms with Gasteiger partial charge in [-0.1, -0.05) is 6.07 Å². The summed E-state index contributed by atoms with van der Waals surface area (Å²) in [6.07, 6.45) is 1.79. The molecule has 110 valence electrons. The molecule has 0 radical (unpaired) electrons. The molecule has 0 fully saturated rings. The standard InChI is InChI=1S/C18H18N4/c1-13-12-14(22(2)3)9-10-16(13)20-21-18-8-4-7-17-15(18)6-5-11-19-17/h4-12H,1-3H3. The first-order valence-electron chi connectivity index (χ1n) is 7.18. The van der Waals surface area contributed by atoms with E-state index in [1.807, 2.05) is 63.5 Å². The van der Waals surface area contributed by atoms with Crippen molar-refractivity contribution in [3.63, 3.8) is 0 Å². The summed E-state index contributed by atoms with van der Waals surface area (Å²) < 4.78 is 0. The van der Waals surface area contributed by atoms with Crippen LogP contribution in [0.5, 0.6) is 0 Å². The van der Waals surface area contributed by atoms with Crippen LogP contribution in [0.15, 0.2) is 65.0 Å². The number of benzene rings is 2. The molecule has 4 nitrogen and oxygen atoms in total. The van der Waals surface area contributed by atoms with Gasteiger partial charge in [0, 0.05) is 31.4 Å². The van der Waals surface area contributed by atoms with Gasteiger partial charge in [0.25, 0.3) is 0 Å². The molecule has 1 aromatic heterocycles. The van der Waals surface area contributed by atoms with Crippen LogP contribution in [0.1, 0.15) is 5.56 Å². The SMILES string of the molecule is Cc1cc(N(C)C)ccc1N=Nc1cccc2ncccc12. The van der Waals surface area contributed by atoms with E-state index in [0.29, 0.717) is 0 Å². The zero-order chi connectivity index (χ0) is 15.5. The molecule has 2 aromatic carbocycles. The van der Waals surface area contributed by atoms with E-state index in [4.69, 9.17) is 0 Å². The van der Waals surface area contributed by atoms with Gasteiger partial charge < -0.3 is 4.90 Å². The second-order valence-electron chi connectivity index (χ2n) is 5.41. The summed E-state index contributed by atoms with van der Waals surface area (Å²) in [6.45, 7) is 2.05. The van der Waals surface area contributed by atoms with Crippen LogP contribution in [0.2, 0.25) is 0 Å². The Kier molecular flexibility index (Phi) is 3.83. The van der Waals surface area contributed by atoms with E-state index in [1.165, 1.54) is 0 Å². The second kappa shape index (κ2) is 5.93. The van der Waals surface area contributed by atoms with Gasteiger partial charge in [0.05, 0.1) is 16.9 Å². The second-order valence-corrected chi connectivity index (χ2v) is 5.41. The Morgan fingerprint density at radius 2 is 1.73 bits per heavy atom. The number of hydrogen-bond donors (Lipinski definition) is 0. The van der Waals surface area contributed by atoms with Crippen LogP contribution in [-0.2, 0) is 0 Å². The van der Waals surface area contributed by atoms with Crippen molar-refractivity contribution >= 4 is 28.0 Å². The maximum atomic E-state index is 4.41. The molecule has 4 heteroatoms. The molecule has 0 amide bonds. The van der Waals surface area contributed by atoms with E-state index < -0.39 is 0 Å². The van der Waals surface area contributed by atoms with Crippen LogP contribution < -0.4 is 4.90 Å². The van der Waals surface area contributed by atoms with Gasteiger partial charge in [-0.2, -0.15) is 5.11 Å². The Morgan fingerprint density at radius 3 is 2.50 bits per heavy atom. The van der Waals surface area contributed by atoms with E-state index in [1.54, 1.807) is 6.20 Å². The zero-order valence-electron chi connectivity index (χ0n) is 13.0. The number of pyridine rings is 1. The summed E-state index contributed by atoms with van der Waals surface area (Å²) in [6, 6.07) is 16.0. The van der Waals surface area contributed by atoms with Crippen LogP contribution >= 0.6 is 0 Å². The molecule has 0 aliphatic carbocycles. The summed E-state index contributed by atoms with van der Waals surface area (Å²) in [5.74, 6) is 0. The lowest BCUT2D eigenvalue weighted by atomic mass is 10.2. The van der Waals surface area contributed by atoms with Gasteiger partial charge in [0.1, 0.15) is 0 Å².